The van der Waals surface area contributed by atoms with Crippen molar-refractivity contribution in [1.82, 2.24) is 4.31 Å². The molecule has 114 valence electrons. The summed E-state index contributed by atoms with van der Waals surface area (Å²) in [6, 6.07) is 4.94. The molecular formula is C12H14N2O6S. The number of hydrogen-bond donors (Lipinski definition) is 1. The van der Waals surface area contributed by atoms with Gasteiger partial charge in [-0.25, -0.2) is 8.42 Å². The summed E-state index contributed by atoms with van der Waals surface area (Å²) in [6.07, 6.45) is 1.67. The van der Waals surface area contributed by atoms with Crippen LogP contribution in [-0.4, -0.2) is 41.8 Å². The number of carboxylic acid groups (broad SMARTS) is 1. The molecule has 1 aromatic carbocycles. The Morgan fingerprint density at radius 1 is 1.38 bits per heavy atom. The molecule has 0 radical (unpaired) electrons. The predicted octanol–water partition coefficient (Wildman–Crippen LogP) is 1.08. The van der Waals surface area contributed by atoms with E-state index in [0.29, 0.717) is 0 Å². The third-order valence-corrected chi connectivity index (χ3v) is 5.01. The fourth-order valence-corrected chi connectivity index (χ4v) is 3.58. The van der Waals surface area contributed by atoms with E-state index < -0.39 is 38.0 Å². The molecule has 1 aromatic rings. The van der Waals surface area contributed by atoms with Gasteiger partial charge in [0.2, 0.25) is 10.0 Å². The molecule has 1 N–H and O–H groups in total. The molecule has 1 aliphatic rings. The molecule has 0 saturated heterocycles. The average Bonchev–Trinajstić information content (AvgIpc) is 3.21. The number of sulfonamides is 1. The first-order valence-electron chi connectivity index (χ1n) is 6.27. The number of hydrogen-bond acceptors (Lipinski definition) is 5. The average molecular weight is 314 g/mol. The number of para-hydroxylation sites is 1. The molecule has 0 bridgehead atoms. The predicted molar refractivity (Wildman–Crippen MR) is 72.2 cm³/mol. The van der Waals surface area contributed by atoms with Gasteiger partial charge in [0.15, 0.2) is 4.90 Å². The lowest BCUT2D eigenvalue weighted by Crippen LogP contribution is -2.37. The number of benzene rings is 1. The Labute approximate surface area is 121 Å². The first-order chi connectivity index (χ1) is 9.82. The number of carbonyl (C=O) groups is 1. The van der Waals surface area contributed by atoms with E-state index in [4.69, 9.17) is 5.11 Å². The van der Waals surface area contributed by atoms with E-state index in [1.165, 1.54) is 12.1 Å². The van der Waals surface area contributed by atoms with Crippen LogP contribution < -0.4 is 0 Å². The highest BCUT2D eigenvalue weighted by Crippen LogP contribution is 2.33. The van der Waals surface area contributed by atoms with Gasteiger partial charge in [-0.05, 0) is 24.8 Å². The van der Waals surface area contributed by atoms with Crippen molar-refractivity contribution >= 4 is 21.7 Å². The Morgan fingerprint density at radius 2 is 2.00 bits per heavy atom. The highest BCUT2D eigenvalue weighted by atomic mass is 32.2. The molecule has 1 saturated carbocycles. The number of nitro benzene ring substituents is 1. The summed E-state index contributed by atoms with van der Waals surface area (Å²) in [5.74, 6) is -1.17. The summed E-state index contributed by atoms with van der Waals surface area (Å²) >= 11 is 0. The number of carboxylic acids is 1. The zero-order valence-electron chi connectivity index (χ0n) is 11.0. The van der Waals surface area contributed by atoms with E-state index in [-0.39, 0.29) is 12.5 Å². The Balaban J connectivity index is 2.41. The van der Waals surface area contributed by atoms with Crippen LogP contribution in [0, 0.1) is 16.0 Å². The quantitative estimate of drug-likeness (QED) is 0.594. The molecule has 0 amide bonds. The van der Waals surface area contributed by atoms with Gasteiger partial charge in [0.05, 0.1) is 4.92 Å². The minimum absolute atomic E-state index is 0.0701. The van der Waals surface area contributed by atoms with Crippen molar-refractivity contribution in [2.75, 3.05) is 13.1 Å². The monoisotopic (exact) mass is 314 g/mol. The van der Waals surface area contributed by atoms with Crippen molar-refractivity contribution in [2.24, 2.45) is 5.92 Å². The molecule has 21 heavy (non-hydrogen) atoms. The molecule has 0 atom stereocenters. The minimum atomic E-state index is -4.22. The molecule has 1 aliphatic carbocycles. The summed E-state index contributed by atoms with van der Waals surface area (Å²) in [5, 5.41) is 19.8. The summed E-state index contributed by atoms with van der Waals surface area (Å²) in [7, 11) is -4.22. The molecule has 0 unspecified atom stereocenters. The second kappa shape index (κ2) is 5.78. The number of rotatable bonds is 7. The second-order valence-corrected chi connectivity index (χ2v) is 6.77. The van der Waals surface area contributed by atoms with Crippen molar-refractivity contribution in [2.45, 2.75) is 17.7 Å². The molecule has 1 fully saturated rings. The van der Waals surface area contributed by atoms with Crippen molar-refractivity contribution in [3.05, 3.63) is 34.4 Å². The van der Waals surface area contributed by atoms with Gasteiger partial charge in [0.1, 0.15) is 6.54 Å². The van der Waals surface area contributed by atoms with Gasteiger partial charge in [-0.2, -0.15) is 4.31 Å². The fraction of sp³-hybridized carbons (Fsp3) is 0.417. The van der Waals surface area contributed by atoms with E-state index in [2.05, 4.69) is 0 Å². The summed E-state index contributed by atoms with van der Waals surface area (Å²) in [6.45, 7) is -0.633. The lowest BCUT2D eigenvalue weighted by atomic mass is 10.3. The first-order valence-corrected chi connectivity index (χ1v) is 7.71. The highest BCUT2D eigenvalue weighted by molar-refractivity contribution is 7.89. The van der Waals surface area contributed by atoms with Crippen LogP contribution in [0.4, 0.5) is 5.69 Å². The van der Waals surface area contributed by atoms with Gasteiger partial charge in [-0.15, -0.1) is 0 Å². The summed E-state index contributed by atoms with van der Waals surface area (Å²) in [5.41, 5.74) is -0.552. The molecule has 0 aromatic heterocycles. The van der Waals surface area contributed by atoms with Crippen LogP contribution in [0.25, 0.3) is 0 Å². The third-order valence-electron chi connectivity index (χ3n) is 3.15. The standard InChI is InChI=1S/C12H14N2O6S/c15-12(16)8-13(7-9-5-6-9)21(19,20)11-4-2-1-3-10(11)14(17)18/h1-4,9H,5-8H2,(H,15,16). The van der Waals surface area contributed by atoms with Crippen LogP contribution in [0.15, 0.2) is 29.2 Å². The highest BCUT2D eigenvalue weighted by Gasteiger charge is 2.36. The van der Waals surface area contributed by atoms with Gasteiger partial charge >= 0.3 is 5.97 Å². The fourth-order valence-electron chi connectivity index (χ4n) is 1.95. The van der Waals surface area contributed by atoms with Crippen molar-refractivity contribution in [1.29, 1.82) is 0 Å². The van der Waals surface area contributed by atoms with Gasteiger partial charge in [-0.1, -0.05) is 12.1 Å². The first kappa shape index (κ1) is 15.4. The maximum Gasteiger partial charge on any atom is 0.318 e. The van der Waals surface area contributed by atoms with Gasteiger partial charge in [0, 0.05) is 12.6 Å². The Kier molecular flexibility index (Phi) is 4.24. The number of nitro groups is 1. The SMILES string of the molecule is O=C(O)CN(CC1CC1)S(=O)(=O)c1ccccc1[N+](=O)[O-]. The number of aliphatic carboxylic acids is 1. The molecule has 0 aliphatic heterocycles. The summed E-state index contributed by atoms with van der Waals surface area (Å²) < 4.78 is 25.8. The van der Waals surface area contributed by atoms with Gasteiger partial charge in [0.25, 0.3) is 5.69 Å². The van der Waals surface area contributed by atoms with E-state index in [1.807, 2.05) is 0 Å². The van der Waals surface area contributed by atoms with Gasteiger partial charge < -0.3 is 5.11 Å². The Hall–Kier alpha value is -2.00. The maximum atomic E-state index is 12.5. The zero-order valence-corrected chi connectivity index (χ0v) is 11.8. The van der Waals surface area contributed by atoms with E-state index in [0.717, 1.165) is 29.3 Å². The van der Waals surface area contributed by atoms with Crippen LogP contribution >= 0.6 is 0 Å². The molecule has 8 nitrogen and oxygen atoms in total. The van der Waals surface area contributed by atoms with E-state index in [1.54, 1.807) is 0 Å². The van der Waals surface area contributed by atoms with Crippen LogP contribution in [0.1, 0.15) is 12.8 Å². The van der Waals surface area contributed by atoms with Crippen molar-refractivity contribution in [3.8, 4) is 0 Å². The van der Waals surface area contributed by atoms with E-state index >= 15 is 0 Å². The molecule has 0 heterocycles. The topological polar surface area (TPSA) is 118 Å². The van der Waals surface area contributed by atoms with Gasteiger partial charge in [-0.3, -0.25) is 14.9 Å². The second-order valence-electron chi connectivity index (χ2n) is 4.86. The third kappa shape index (κ3) is 3.56. The van der Waals surface area contributed by atoms with Crippen molar-refractivity contribution < 1.29 is 23.2 Å². The number of nitrogens with zero attached hydrogens (tertiary/aromatic N) is 2. The van der Waals surface area contributed by atoms with Crippen LogP contribution in [0.5, 0.6) is 0 Å². The van der Waals surface area contributed by atoms with Crippen LogP contribution in [0.3, 0.4) is 0 Å². The molecule has 9 heteroatoms. The van der Waals surface area contributed by atoms with E-state index in [9.17, 15) is 23.3 Å². The molecule has 2 rings (SSSR count). The largest absolute Gasteiger partial charge is 0.480 e. The summed E-state index contributed by atoms with van der Waals surface area (Å²) in [4.78, 5) is 20.6. The lowest BCUT2D eigenvalue weighted by molar-refractivity contribution is -0.387. The molecule has 0 spiro atoms. The zero-order chi connectivity index (χ0) is 15.6. The smallest absolute Gasteiger partial charge is 0.318 e. The van der Waals surface area contributed by atoms with Crippen LogP contribution in [-0.2, 0) is 14.8 Å². The Morgan fingerprint density at radius 3 is 2.52 bits per heavy atom. The lowest BCUT2D eigenvalue weighted by Gasteiger charge is -2.20. The normalized spacial score (nSPS) is 15.1. The Bertz CT molecular complexity index is 668. The van der Waals surface area contributed by atoms with Crippen molar-refractivity contribution in [3.63, 3.8) is 0 Å². The molecular weight excluding hydrogens is 300 g/mol. The van der Waals surface area contributed by atoms with Crippen LogP contribution in [0.2, 0.25) is 0 Å². The maximum absolute atomic E-state index is 12.5. The minimum Gasteiger partial charge on any atom is -0.480 e.